The van der Waals surface area contributed by atoms with E-state index in [-0.39, 0.29) is 32.1 Å². The topological polar surface area (TPSA) is 95.4 Å². The molecule has 2 N–H and O–H groups in total. The summed E-state index contributed by atoms with van der Waals surface area (Å²) in [5.74, 6) is -0.382. The van der Waals surface area contributed by atoms with Crippen LogP contribution in [-0.4, -0.2) is 45.4 Å². The van der Waals surface area contributed by atoms with Crippen LogP contribution in [0.5, 0.6) is 0 Å². The van der Waals surface area contributed by atoms with Crippen LogP contribution in [0.25, 0.3) is 0 Å². The fraction of sp³-hybridized carbons (Fsp3) is 0.364. The van der Waals surface area contributed by atoms with Crippen molar-refractivity contribution in [3.8, 4) is 0 Å². The van der Waals surface area contributed by atoms with Crippen LogP contribution < -0.4 is 11.1 Å². The van der Waals surface area contributed by atoms with Gasteiger partial charge in [-0.2, -0.15) is 0 Å². The van der Waals surface area contributed by atoms with Gasteiger partial charge in [0.05, 0.1) is 6.61 Å². The molecule has 0 unspecified atom stereocenters. The number of hydrogen-bond donors (Lipinski definition) is 2. The number of aromatic amines is 1. The normalized spacial score (nSPS) is 10.1. The van der Waals surface area contributed by atoms with Crippen molar-refractivity contribution in [1.29, 1.82) is 0 Å². The predicted molar refractivity (Wildman–Crippen MR) is 65.2 cm³/mol. The van der Waals surface area contributed by atoms with Gasteiger partial charge in [-0.05, 0) is 0 Å². The van der Waals surface area contributed by atoms with Gasteiger partial charge in [0.2, 0.25) is 5.91 Å². The molecule has 7 heteroatoms. The Labute approximate surface area is 103 Å². The lowest BCUT2D eigenvalue weighted by Gasteiger charge is -2.20. The SMILES string of the molecule is C=CCN(CCO)C(=O)Cn1[nH]c(=O)ccc1=O. The average molecular weight is 253 g/mol. The van der Waals surface area contributed by atoms with Gasteiger partial charge in [0.25, 0.3) is 11.1 Å². The summed E-state index contributed by atoms with van der Waals surface area (Å²) in [6.07, 6.45) is 1.52. The molecule has 1 aromatic rings. The Kier molecular flexibility index (Phi) is 5.06. The minimum atomic E-state index is -0.467. The number of amides is 1. The van der Waals surface area contributed by atoms with E-state index in [0.717, 1.165) is 16.8 Å². The van der Waals surface area contributed by atoms with Crippen molar-refractivity contribution < 1.29 is 9.90 Å². The fourth-order valence-corrected chi connectivity index (χ4v) is 1.41. The third-order valence-corrected chi connectivity index (χ3v) is 2.25. The van der Waals surface area contributed by atoms with Gasteiger partial charge < -0.3 is 10.0 Å². The van der Waals surface area contributed by atoms with Crippen LogP contribution in [0.1, 0.15) is 0 Å². The molecule has 0 aliphatic rings. The summed E-state index contributed by atoms with van der Waals surface area (Å²) < 4.78 is 0.929. The standard InChI is InChI=1S/C11H15N3O4/c1-2-5-13(6-7-15)11(18)8-14-10(17)4-3-9(16)12-14/h2-4,15H,1,5-8H2,(H,12,16). The molecule has 98 valence electrons. The first-order chi connectivity index (χ1) is 8.58. The monoisotopic (exact) mass is 253 g/mol. The van der Waals surface area contributed by atoms with Gasteiger partial charge >= 0.3 is 0 Å². The zero-order chi connectivity index (χ0) is 13.5. The Morgan fingerprint density at radius 1 is 1.50 bits per heavy atom. The Morgan fingerprint density at radius 2 is 2.22 bits per heavy atom. The number of H-pyrrole nitrogens is 1. The van der Waals surface area contributed by atoms with Crippen LogP contribution in [0.15, 0.2) is 34.4 Å². The van der Waals surface area contributed by atoms with Gasteiger partial charge in [-0.25, -0.2) is 4.68 Å². The van der Waals surface area contributed by atoms with Crippen LogP contribution in [0, 0.1) is 0 Å². The summed E-state index contributed by atoms with van der Waals surface area (Å²) in [5, 5.41) is 11.1. The molecule has 0 radical (unpaired) electrons. The molecular weight excluding hydrogens is 238 g/mol. The highest BCUT2D eigenvalue weighted by Crippen LogP contribution is 1.91. The number of aromatic nitrogens is 2. The third kappa shape index (κ3) is 3.70. The van der Waals surface area contributed by atoms with Crippen LogP contribution in [0.2, 0.25) is 0 Å². The molecule has 1 rings (SSSR count). The van der Waals surface area contributed by atoms with Crippen LogP contribution in [0.3, 0.4) is 0 Å². The molecule has 1 amide bonds. The molecule has 0 saturated carbocycles. The number of rotatable bonds is 6. The van der Waals surface area contributed by atoms with Crippen LogP contribution in [0.4, 0.5) is 0 Å². The average Bonchev–Trinajstić information content (AvgIpc) is 2.33. The van der Waals surface area contributed by atoms with Crippen molar-refractivity contribution in [2.75, 3.05) is 19.7 Å². The zero-order valence-corrected chi connectivity index (χ0v) is 9.83. The Bertz CT molecular complexity index is 532. The van der Waals surface area contributed by atoms with E-state index in [0.29, 0.717) is 0 Å². The van der Waals surface area contributed by atoms with Crippen molar-refractivity contribution >= 4 is 5.91 Å². The highest BCUT2D eigenvalue weighted by atomic mass is 16.3. The van der Waals surface area contributed by atoms with Crippen molar-refractivity contribution in [2.45, 2.75) is 6.54 Å². The number of nitrogens with zero attached hydrogens (tertiary/aromatic N) is 2. The first kappa shape index (κ1) is 13.9. The largest absolute Gasteiger partial charge is 0.395 e. The molecule has 7 nitrogen and oxygen atoms in total. The highest BCUT2D eigenvalue weighted by molar-refractivity contribution is 5.76. The maximum absolute atomic E-state index is 11.8. The van der Waals surface area contributed by atoms with Crippen LogP contribution >= 0.6 is 0 Å². The number of carbonyl (C=O) groups is 1. The summed E-state index contributed by atoms with van der Waals surface area (Å²) in [6.45, 7) is 3.46. The second-order valence-electron chi connectivity index (χ2n) is 3.59. The number of nitrogens with one attached hydrogen (secondary N) is 1. The van der Waals surface area contributed by atoms with E-state index in [1.165, 1.54) is 11.0 Å². The fourth-order valence-electron chi connectivity index (χ4n) is 1.41. The van der Waals surface area contributed by atoms with Gasteiger partial charge in [-0.3, -0.25) is 19.5 Å². The van der Waals surface area contributed by atoms with Gasteiger partial charge in [0.1, 0.15) is 6.54 Å². The molecule has 0 fully saturated rings. The van der Waals surface area contributed by atoms with Crippen molar-refractivity contribution in [1.82, 2.24) is 14.7 Å². The van der Waals surface area contributed by atoms with E-state index in [1.54, 1.807) is 0 Å². The van der Waals surface area contributed by atoms with Crippen molar-refractivity contribution in [3.05, 3.63) is 45.5 Å². The third-order valence-electron chi connectivity index (χ3n) is 2.25. The summed E-state index contributed by atoms with van der Waals surface area (Å²) in [7, 11) is 0. The van der Waals surface area contributed by atoms with E-state index in [1.807, 2.05) is 0 Å². The maximum Gasteiger partial charge on any atom is 0.265 e. The molecule has 0 spiro atoms. The lowest BCUT2D eigenvalue weighted by molar-refractivity contribution is -0.132. The zero-order valence-electron chi connectivity index (χ0n) is 9.83. The van der Waals surface area contributed by atoms with Crippen molar-refractivity contribution in [2.24, 2.45) is 0 Å². The summed E-state index contributed by atoms with van der Waals surface area (Å²) in [5.41, 5.74) is -0.926. The number of aliphatic hydroxyl groups is 1. The Hall–Kier alpha value is -2.15. The summed E-state index contributed by atoms with van der Waals surface area (Å²) >= 11 is 0. The molecule has 0 aliphatic heterocycles. The number of aliphatic hydroxyl groups excluding tert-OH is 1. The number of carbonyl (C=O) groups excluding carboxylic acids is 1. The molecular formula is C11H15N3O4. The highest BCUT2D eigenvalue weighted by Gasteiger charge is 2.12. The molecule has 0 aromatic carbocycles. The molecule has 1 aromatic heterocycles. The van der Waals surface area contributed by atoms with E-state index in [2.05, 4.69) is 11.7 Å². The van der Waals surface area contributed by atoms with Crippen molar-refractivity contribution in [3.63, 3.8) is 0 Å². The minimum Gasteiger partial charge on any atom is -0.395 e. The maximum atomic E-state index is 11.8. The Morgan fingerprint density at radius 3 is 2.83 bits per heavy atom. The lowest BCUT2D eigenvalue weighted by atomic mass is 10.4. The van der Waals surface area contributed by atoms with E-state index < -0.39 is 11.1 Å². The van der Waals surface area contributed by atoms with Gasteiger partial charge in [0, 0.05) is 25.2 Å². The van der Waals surface area contributed by atoms with Gasteiger partial charge in [-0.15, -0.1) is 6.58 Å². The van der Waals surface area contributed by atoms with E-state index in [4.69, 9.17) is 5.11 Å². The quantitative estimate of drug-likeness (QED) is 0.606. The first-order valence-corrected chi connectivity index (χ1v) is 5.38. The van der Waals surface area contributed by atoms with E-state index in [9.17, 15) is 14.4 Å². The predicted octanol–water partition coefficient (Wildman–Crippen LogP) is -1.46. The molecule has 0 aliphatic carbocycles. The van der Waals surface area contributed by atoms with Crippen LogP contribution in [-0.2, 0) is 11.3 Å². The lowest BCUT2D eigenvalue weighted by Crippen LogP contribution is -2.40. The van der Waals surface area contributed by atoms with E-state index >= 15 is 0 Å². The minimum absolute atomic E-state index is 0.149. The molecule has 0 atom stereocenters. The summed E-state index contributed by atoms with van der Waals surface area (Å²) in [4.78, 5) is 35.6. The molecule has 0 bridgehead atoms. The molecule has 0 saturated heterocycles. The number of hydrogen-bond acceptors (Lipinski definition) is 4. The first-order valence-electron chi connectivity index (χ1n) is 5.38. The molecule has 18 heavy (non-hydrogen) atoms. The Balaban J connectivity index is 2.84. The second kappa shape index (κ2) is 6.55. The van der Waals surface area contributed by atoms with Gasteiger partial charge in [0.15, 0.2) is 0 Å². The smallest absolute Gasteiger partial charge is 0.265 e. The summed E-state index contributed by atoms with van der Waals surface area (Å²) in [6, 6.07) is 2.19. The molecule has 1 heterocycles. The van der Waals surface area contributed by atoms with Gasteiger partial charge in [-0.1, -0.05) is 6.08 Å². The second-order valence-corrected chi connectivity index (χ2v) is 3.59.